The molecule has 3 aromatic carbocycles. The molecule has 0 aliphatic carbocycles. The highest BCUT2D eigenvalue weighted by atomic mass is 19.4. The first-order valence-electron chi connectivity index (χ1n) is 16.5. The van der Waals surface area contributed by atoms with E-state index in [0.717, 1.165) is 23.8 Å². The van der Waals surface area contributed by atoms with Gasteiger partial charge in [-0.15, -0.1) is 0 Å². The number of aromatic hydroxyl groups is 1. The maximum absolute atomic E-state index is 13.3. The van der Waals surface area contributed by atoms with E-state index >= 15 is 0 Å². The first-order chi connectivity index (χ1) is 24.1. The summed E-state index contributed by atoms with van der Waals surface area (Å²) in [4.78, 5) is 29.7. The van der Waals surface area contributed by atoms with Crippen molar-refractivity contribution in [2.45, 2.75) is 63.6 Å². The Hall–Kier alpha value is -4.79. The van der Waals surface area contributed by atoms with Gasteiger partial charge in [0.15, 0.2) is 23.0 Å². The first-order valence-corrected chi connectivity index (χ1v) is 16.5. The van der Waals surface area contributed by atoms with Crippen molar-refractivity contribution in [1.29, 1.82) is 0 Å². The Bertz CT molecular complexity index is 1980. The third-order valence-corrected chi connectivity index (χ3v) is 10.3. The lowest BCUT2D eigenvalue weighted by Crippen LogP contribution is -2.69. The molecule has 8 rings (SSSR count). The molecule has 0 aromatic heterocycles. The fourth-order valence-electron chi connectivity index (χ4n) is 8.51. The van der Waals surface area contributed by atoms with E-state index in [1.807, 2.05) is 29.8 Å². The number of phenols is 1. The molecule has 0 saturated carbocycles. The van der Waals surface area contributed by atoms with E-state index in [0.29, 0.717) is 50.8 Å². The van der Waals surface area contributed by atoms with Crippen LogP contribution in [0.3, 0.4) is 0 Å². The van der Waals surface area contributed by atoms with Gasteiger partial charge < -0.3 is 34.5 Å². The number of esters is 1. The molecular formula is C37H38F3N3O8. The third kappa shape index (κ3) is 5.75. The Balaban J connectivity index is 1.34. The number of likely N-dealkylation sites (N-methyl/N-ethyl adjacent to an activating group) is 1. The van der Waals surface area contributed by atoms with Crippen LogP contribution in [-0.2, 0) is 28.6 Å². The number of carbonyl (C=O) groups is 2. The lowest BCUT2D eigenvalue weighted by molar-refractivity contribution is -0.205. The second-order valence-electron chi connectivity index (χ2n) is 13.6. The number of piperazine rings is 1. The highest BCUT2D eigenvalue weighted by molar-refractivity contribution is 5.91. The number of ether oxygens (including phenoxy) is 4. The van der Waals surface area contributed by atoms with Crippen LogP contribution in [0.5, 0.6) is 28.7 Å². The highest BCUT2D eigenvalue weighted by Gasteiger charge is 2.59. The summed E-state index contributed by atoms with van der Waals surface area (Å²) < 4.78 is 63.2. The summed E-state index contributed by atoms with van der Waals surface area (Å²) in [5.74, 6) is 0.268. The van der Waals surface area contributed by atoms with Gasteiger partial charge in [-0.05, 0) is 62.2 Å². The number of amides is 1. The summed E-state index contributed by atoms with van der Waals surface area (Å²) in [5.41, 5.74) is 1.68. The van der Waals surface area contributed by atoms with Crippen LogP contribution in [-0.4, -0.2) is 77.7 Å². The second kappa shape index (κ2) is 12.5. The van der Waals surface area contributed by atoms with E-state index in [1.54, 1.807) is 6.92 Å². The average Bonchev–Trinajstić information content (AvgIpc) is 3.47. The van der Waals surface area contributed by atoms with Crippen LogP contribution in [0.1, 0.15) is 63.5 Å². The number of hydrogen-bond acceptors (Lipinski definition) is 10. The number of nitrogens with zero attached hydrogens (tertiary/aromatic N) is 2. The monoisotopic (exact) mass is 709 g/mol. The molecule has 0 radical (unpaired) electrons. The molecule has 4 atom stereocenters. The van der Waals surface area contributed by atoms with Crippen LogP contribution >= 0.6 is 0 Å². The molecule has 1 fully saturated rings. The number of aryl methyl sites for hydroxylation is 1. The first kappa shape index (κ1) is 34.6. The summed E-state index contributed by atoms with van der Waals surface area (Å²) in [7, 11) is 3.36. The van der Waals surface area contributed by atoms with Crippen molar-refractivity contribution < 1.29 is 51.9 Å². The second-order valence-corrected chi connectivity index (χ2v) is 13.6. The van der Waals surface area contributed by atoms with Crippen LogP contribution in [0.15, 0.2) is 36.4 Å². The fraction of sp³-hybridized carbons (Fsp3) is 0.405. The molecule has 11 nitrogen and oxygen atoms in total. The van der Waals surface area contributed by atoms with E-state index in [9.17, 15) is 33.0 Å². The number of methoxy groups -OCH3 is 1. The number of phenolic OH excluding ortho intramolecular Hbond substituents is 1. The van der Waals surface area contributed by atoms with E-state index in [2.05, 4.69) is 5.32 Å². The quantitative estimate of drug-likeness (QED) is 0.188. The van der Waals surface area contributed by atoms with Gasteiger partial charge in [-0.2, -0.15) is 13.2 Å². The third-order valence-electron chi connectivity index (χ3n) is 10.3. The summed E-state index contributed by atoms with van der Waals surface area (Å²) >= 11 is 0. The Morgan fingerprint density at radius 3 is 2.59 bits per heavy atom. The minimum Gasteiger partial charge on any atom is -0.504 e. The number of rotatable bonds is 6. The lowest BCUT2D eigenvalue weighted by atomic mass is 9.78. The van der Waals surface area contributed by atoms with Crippen molar-refractivity contribution in [3.63, 3.8) is 0 Å². The summed E-state index contributed by atoms with van der Waals surface area (Å²) in [6.07, 6.45) is -1.69. The van der Waals surface area contributed by atoms with Crippen molar-refractivity contribution in [1.82, 2.24) is 15.1 Å². The molecular weight excluding hydrogens is 671 g/mol. The van der Waals surface area contributed by atoms with Gasteiger partial charge >= 0.3 is 12.1 Å². The molecule has 5 aliphatic rings. The van der Waals surface area contributed by atoms with E-state index < -0.39 is 47.5 Å². The number of fused-ring (bicyclic) bond motifs is 4. The Morgan fingerprint density at radius 2 is 1.88 bits per heavy atom. The SMILES string of the molecule is COc1c(C)cc2c(c1O)[C@@H]1C3Cc4c(OC(C)=O)c(C)c5c(c4[C@H](CNC(=O)/C=C/c4cccc(C(F)(F)F)c4)N3[C@](O)(C2)CN1C)OCO5. The maximum Gasteiger partial charge on any atom is 0.416 e. The zero-order valence-electron chi connectivity index (χ0n) is 28.7. The highest BCUT2D eigenvalue weighted by Crippen LogP contribution is 2.59. The van der Waals surface area contributed by atoms with Gasteiger partial charge in [-0.1, -0.05) is 18.2 Å². The van der Waals surface area contributed by atoms with Crippen LogP contribution in [0.25, 0.3) is 6.08 Å². The van der Waals surface area contributed by atoms with Crippen molar-refractivity contribution in [2.24, 2.45) is 0 Å². The van der Waals surface area contributed by atoms with Crippen molar-refractivity contribution >= 4 is 18.0 Å². The molecule has 270 valence electrons. The number of nitrogens with one attached hydrogen (secondary N) is 1. The molecule has 3 aromatic rings. The van der Waals surface area contributed by atoms with Crippen molar-refractivity contribution in [3.8, 4) is 28.7 Å². The predicted octanol–water partition coefficient (Wildman–Crippen LogP) is 4.72. The molecule has 1 amide bonds. The van der Waals surface area contributed by atoms with Crippen LogP contribution < -0.4 is 24.3 Å². The lowest BCUT2D eigenvalue weighted by Gasteiger charge is -2.58. The Morgan fingerprint density at radius 1 is 1.14 bits per heavy atom. The molecule has 14 heteroatoms. The molecule has 2 bridgehead atoms. The van der Waals surface area contributed by atoms with Gasteiger partial charge in [0.1, 0.15) is 11.5 Å². The smallest absolute Gasteiger partial charge is 0.416 e. The minimum absolute atomic E-state index is 0.0205. The summed E-state index contributed by atoms with van der Waals surface area (Å²) in [6, 6.07) is 4.79. The maximum atomic E-state index is 13.3. The molecule has 1 unspecified atom stereocenters. The molecule has 1 saturated heterocycles. The van der Waals surface area contributed by atoms with Gasteiger partial charge in [0.05, 0.1) is 24.8 Å². The number of aliphatic hydroxyl groups is 1. The van der Waals surface area contributed by atoms with E-state index in [4.69, 9.17) is 18.9 Å². The van der Waals surface area contributed by atoms with E-state index in [1.165, 1.54) is 32.2 Å². The van der Waals surface area contributed by atoms with Gasteiger partial charge in [0.25, 0.3) is 0 Å². The largest absolute Gasteiger partial charge is 0.504 e. The van der Waals surface area contributed by atoms with E-state index in [-0.39, 0.29) is 44.0 Å². The average molecular weight is 710 g/mol. The van der Waals surface area contributed by atoms with Crippen LogP contribution in [0, 0.1) is 13.8 Å². The normalized spacial score (nSPS) is 23.7. The molecule has 5 aliphatic heterocycles. The number of hydrogen-bond donors (Lipinski definition) is 3. The molecule has 51 heavy (non-hydrogen) atoms. The molecule has 3 N–H and O–H groups in total. The van der Waals surface area contributed by atoms with Crippen molar-refractivity contribution in [3.05, 3.63) is 80.9 Å². The molecule has 0 spiro atoms. The van der Waals surface area contributed by atoms with Crippen molar-refractivity contribution in [2.75, 3.05) is 34.0 Å². The number of alkyl halides is 3. The minimum atomic E-state index is -4.53. The van der Waals surface area contributed by atoms with Crippen LogP contribution in [0.2, 0.25) is 0 Å². The van der Waals surface area contributed by atoms with Gasteiger partial charge in [0.2, 0.25) is 12.7 Å². The van der Waals surface area contributed by atoms with Gasteiger partial charge in [-0.25, -0.2) is 0 Å². The number of halogens is 3. The predicted molar refractivity (Wildman–Crippen MR) is 178 cm³/mol. The topological polar surface area (TPSA) is 130 Å². The molecule has 5 heterocycles. The zero-order chi connectivity index (χ0) is 36.6. The van der Waals surface area contributed by atoms with Gasteiger partial charge in [0, 0.05) is 60.8 Å². The Kier molecular flexibility index (Phi) is 8.47. The number of carbonyl (C=O) groups excluding carboxylic acids is 2. The zero-order valence-corrected chi connectivity index (χ0v) is 28.7. The summed E-state index contributed by atoms with van der Waals surface area (Å²) in [5, 5.41) is 27.3. The number of benzene rings is 3. The summed E-state index contributed by atoms with van der Waals surface area (Å²) in [6.45, 7) is 4.90. The van der Waals surface area contributed by atoms with Crippen LogP contribution in [0.4, 0.5) is 13.2 Å². The fourth-order valence-corrected chi connectivity index (χ4v) is 8.51. The Labute approximate surface area is 292 Å². The standard InChI is InChI=1S/C37H38F3N3O8/c1-18-11-22-14-36(47)16-42(4)30(28(22)31(46)32(18)48-5)25-13-24-29(35-34(49-17-50-35)19(2)33(24)51-20(3)44)26(43(25)36)15-41-27(45)10-9-21-7-6-8-23(12-21)37(38,39)40/h6-12,25-26,30,46-47H,13-17H2,1-5H3,(H,41,45)/b10-9+/t25?,26-,30-,36-/m0/s1. The van der Waals surface area contributed by atoms with Gasteiger partial charge in [-0.3, -0.25) is 19.4 Å².